The van der Waals surface area contributed by atoms with Gasteiger partial charge in [-0.2, -0.15) is 0 Å². The van der Waals surface area contributed by atoms with Crippen LogP contribution in [0.15, 0.2) is 18.2 Å². The summed E-state index contributed by atoms with van der Waals surface area (Å²) in [7, 11) is 0. The SMILES string of the molecule is Cc1ccc(NC2(CO)CCC2)cc1N. The van der Waals surface area contributed by atoms with Crippen LogP contribution in [0.2, 0.25) is 0 Å². The number of nitrogen functional groups attached to an aromatic ring is 1. The van der Waals surface area contributed by atoms with Crippen molar-refractivity contribution in [2.45, 2.75) is 31.7 Å². The molecular weight excluding hydrogens is 188 g/mol. The van der Waals surface area contributed by atoms with Crippen molar-refractivity contribution < 1.29 is 5.11 Å². The minimum Gasteiger partial charge on any atom is -0.398 e. The summed E-state index contributed by atoms with van der Waals surface area (Å²) in [5.74, 6) is 0. The lowest BCUT2D eigenvalue weighted by Gasteiger charge is -2.42. The summed E-state index contributed by atoms with van der Waals surface area (Å²) in [6, 6.07) is 5.95. The van der Waals surface area contributed by atoms with Crippen molar-refractivity contribution in [3.63, 3.8) is 0 Å². The highest BCUT2D eigenvalue weighted by Gasteiger charge is 2.36. The molecule has 0 spiro atoms. The molecule has 0 saturated heterocycles. The second-order valence-electron chi connectivity index (χ2n) is 4.49. The predicted octanol–water partition coefficient (Wildman–Crippen LogP) is 1.90. The molecule has 3 nitrogen and oxygen atoms in total. The van der Waals surface area contributed by atoms with Gasteiger partial charge in [-0.1, -0.05) is 6.07 Å². The topological polar surface area (TPSA) is 58.3 Å². The molecule has 0 unspecified atom stereocenters. The molecule has 1 fully saturated rings. The van der Waals surface area contributed by atoms with Crippen molar-refractivity contribution >= 4 is 11.4 Å². The van der Waals surface area contributed by atoms with Gasteiger partial charge in [-0.05, 0) is 43.9 Å². The van der Waals surface area contributed by atoms with Gasteiger partial charge in [0.15, 0.2) is 0 Å². The monoisotopic (exact) mass is 206 g/mol. The Morgan fingerprint density at radius 1 is 1.47 bits per heavy atom. The molecule has 2 rings (SSSR count). The molecule has 4 N–H and O–H groups in total. The summed E-state index contributed by atoms with van der Waals surface area (Å²) in [5.41, 5.74) is 8.64. The molecule has 15 heavy (non-hydrogen) atoms. The zero-order chi connectivity index (χ0) is 10.9. The summed E-state index contributed by atoms with van der Waals surface area (Å²) < 4.78 is 0. The van der Waals surface area contributed by atoms with Crippen molar-refractivity contribution in [2.24, 2.45) is 0 Å². The van der Waals surface area contributed by atoms with Crippen molar-refractivity contribution in [1.29, 1.82) is 0 Å². The lowest BCUT2D eigenvalue weighted by molar-refractivity contribution is 0.144. The molecule has 0 bridgehead atoms. The van der Waals surface area contributed by atoms with Crippen LogP contribution in [0, 0.1) is 6.92 Å². The molecule has 0 aliphatic heterocycles. The highest BCUT2D eigenvalue weighted by atomic mass is 16.3. The Morgan fingerprint density at radius 3 is 2.67 bits per heavy atom. The summed E-state index contributed by atoms with van der Waals surface area (Å²) in [5, 5.41) is 12.7. The molecule has 1 aliphatic rings. The molecule has 0 amide bonds. The van der Waals surface area contributed by atoms with Crippen molar-refractivity contribution in [3.8, 4) is 0 Å². The van der Waals surface area contributed by atoms with E-state index in [0.717, 1.165) is 29.8 Å². The van der Waals surface area contributed by atoms with E-state index >= 15 is 0 Å². The number of aliphatic hydroxyl groups is 1. The number of aryl methyl sites for hydroxylation is 1. The normalized spacial score (nSPS) is 18.3. The fourth-order valence-electron chi connectivity index (χ4n) is 1.95. The number of anilines is 2. The maximum Gasteiger partial charge on any atom is 0.0661 e. The molecule has 0 radical (unpaired) electrons. The Hall–Kier alpha value is -1.22. The molecule has 3 heteroatoms. The lowest BCUT2D eigenvalue weighted by Crippen LogP contribution is -2.48. The van der Waals surface area contributed by atoms with Gasteiger partial charge in [0.25, 0.3) is 0 Å². The van der Waals surface area contributed by atoms with Crippen LogP contribution in [0.5, 0.6) is 0 Å². The molecule has 1 aliphatic carbocycles. The van der Waals surface area contributed by atoms with Gasteiger partial charge in [0.1, 0.15) is 0 Å². The van der Waals surface area contributed by atoms with E-state index in [4.69, 9.17) is 5.73 Å². The van der Waals surface area contributed by atoms with Gasteiger partial charge in [0.2, 0.25) is 0 Å². The summed E-state index contributed by atoms with van der Waals surface area (Å²) in [6.45, 7) is 2.19. The van der Waals surface area contributed by atoms with E-state index in [-0.39, 0.29) is 12.1 Å². The van der Waals surface area contributed by atoms with Gasteiger partial charge in [-0.15, -0.1) is 0 Å². The molecule has 1 saturated carbocycles. The maximum absolute atomic E-state index is 9.33. The molecule has 0 aromatic heterocycles. The van der Waals surface area contributed by atoms with Crippen LogP contribution in [0.1, 0.15) is 24.8 Å². The molecular formula is C12H18N2O. The Morgan fingerprint density at radius 2 is 2.20 bits per heavy atom. The summed E-state index contributed by atoms with van der Waals surface area (Å²) >= 11 is 0. The van der Waals surface area contributed by atoms with Crippen LogP contribution in [0.25, 0.3) is 0 Å². The first-order valence-corrected chi connectivity index (χ1v) is 5.40. The number of rotatable bonds is 3. The van der Waals surface area contributed by atoms with Gasteiger partial charge in [0, 0.05) is 11.4 Å². The molecule has 0 atom stereocenters. The highest BCUT2D eigenvalue weighted by Crippen LogP contribution is 2.35. The highest BCUT2D eigenvalue weighted by molar-refractivity contribution is 5.59. The number of nitrogens with two attached hydrogens (primary N) is 1. The summed E-state index contributed by atoms with van der Waals surface area (Å²) in [4.78, 5) is 0. The Bertz CT molecular complexity index is 353. The quantitative estimate of drug-likeness (QED) is 0.662. The zero-order valence-electron chi connectivity index (χ0n) is 9.09. The fourth-order valence-corrected chi connectivity index (χ4v) is 1.95. The van der Waals surface area contributed by atoms with Gasteiger partial charge >= 0.3 is 0 Å². The molecule has 0 heterocycles. The zero-order valence-corrected chi connectivity index (χ0v) is 9.09. The Kier molecular flexibility index (Phi) is 2.57. The minimum absolute atomic E-state index is 0.0955. The van der Waals surface area contributed by atoms with E-state index in [1.807, 2.05) is 25.1 Å². The van der Waals surface area contributed by atoms with Crippen molar-refractivity contribution in [1.82, 2.24) is 0 Å². The van der Waals surface area contributed by atoms with E-state index in [1.165, 1.54) is 6.42 Å². The second-order valence-corrected chi connectivity index (χ2v) is 4.49. The van der Waals surface area contributed by atoms with Gasteiger partial charge in [-0.3, -0.25) is 0 Å². The van der Waals surface area contributed by atoms with Crippen LogP contribution in [0.4, 0.5) is 11.4 Å². The average Bonchev–Trinajstić information content (AvgIpc) is 2.17. The number of nitrogens with one attached hydrogen (secondary N) is 1. The minimum atomic E-state index is -0.0955. The van der Waals surface area contributed by atoms with Crippen molar-refractivity contribution in [3.05, 3.63) is 23.8 Å². The smallest absolute Gasteiger partial charge is 0.0661 e. The first-order chi connectivity index (χ1) is 7.15. The van der Waals surface area contributed by atoms with Crippen LogP contribution in [0.3, 0.4) is 0 Å². The van der Waals surface area contributed by atoms with E-state index in [9.17, 15) is 5.11 Å². The van der Waals surface area contributed by atoms with Crippen molar-refractivity contribution in [2.75, 3.05) is 17.7 Å². The maximum atomic E-state index is 9.33. The predicted molar refractivity (Wildman–Crippen MR) is 62.9 cm³/mol. The van der Waals surface area contributed by atoms with Gasteiger partial charge < -0.3 is 16.2 Å². The number of benzene rings is 1. The first kappa shape index (κ1) is 10.3. The van der Waals surface area contributed by atoms with E-state index < -0.39 is 0 Å². The fraction of sp³-hybridized carbons (Fsp3) is 0.500. The molecule has 1 aromatic carbocycles. The average molecular weight is 206 g/mol. The largest absolute Gasteiger partial charge is 0.398 e. The van der Waals surface area contributed by atoms with Crippen LogP contribution < -0.4 is 11.1 Å². The Balaban J connectivity index is 2.13. The van der Waals surface area contributed by atoms with Gasteiger partial charge in [0.05, 0.1) is 12.1 Å². The number of hydrogen-bond donors (Lipinski definition) is 3. The van der Waals surface area contributed by atoms with E-state index in [2.05, 4.69) is 5.32 Å². The standard InChI is InChI=1S/C12H18N2O/c1-9-3-4-10(7-11(9)13)14-12(8-15)5-2-6-12/h3-4,7,14-15H,2,5-6,8,13H2,1H3. The molecule has 82 valence electrons. The Labute approximate surface area is 90.3 Å². The third-order valence-corrected chi connectivity index (χ3v) is 3.30. The first-order valence-electron chi connectivity index (χ1n) is 5.40. The van der Waals surface area contributed by atoms with Crippen LogP contribution >= 0.6 is 0 Å². The second kappa shape index (κ2) is 3.74. The lowest BCUT2D eigenvalue weighted by atomic mass is 9.77. The van der Waals surface area contributed by atoms with E-state index in [1.54, 1.807) is 0 Å². The molecule has 1 aromatic rings. The number of aliphatic hydroxyl groups excluding tert-OH is 1. The third kappa shape index (κ3) is 1.92. The number of hydrogen-bond acceptors (Lipinski definition) is 3. The van der Waals surface area contributed by atoms with Gasteiger partial charge in [-0.25, -0.2) is 0 Å². The van der Waals surface area contributed by atoms with E-state index in [0.29, 0.717) is 0 Å². The summed E-state index contributed by atoms with van der Waals surface area (Å²) in [6.07, 6.45) is 3.27. The third-order valence-electron chi connectivity index (χ3n) is 3.30. The van der Waals surface area contributed by atoms with Crippen LogP contribution in [-0.2, 0) is 0 Å². The van der Waals surface area contributed by atoms with Crippen LogP contribution in [-0.4, -0.2) is 17.3 Å².